The van der Waals surface area contributed by atoms with Crippen LogP contribution in [0.2, 0.25) is 5.02 Å². The number of hydrogen-bond acceptors (Lipinski definition) is 5. The first kappa shape index (κ1) is 25.4. The van der Waals surface area contributed by atoms with Gasteiger partial charge in [0.2, 0.25) is 5.91 Å². The number of rotatable bonds is 10. The summed E-state index contributed by atoms with van der Waals surface area (Å²) in [6.45, 7) is 3.73. The highest BCUT2D eigenvalue weighted by atomic mass is 35.5. The molecular weight excluding hydrogens is 476 g/mol. The van der Waals surface area contributed by atoms with Crippen LogP contribution in [-0.4, -0.2) is 34.6 Å². The molecule has 1 atom stereocenters. The fourth-order valence-corrected chi connectivity index (χ4v) is 4.99. The standard InChI is InChI=1S/C25H27ClN2O5S/c1-4-33-21-13-11-20(12-14-21)28(34(30,31)22-15-9-19(26)10-16-22)17-25(29)27-18(2)23-7-5-6-8-24(23)32-3/h5-16,18H,4,17H2,1-3H3,(H,27,29). The molecule has 0 aliphatic rings. The minimum atomic E-state index is -4.06. The average molecular weight is 503 g/mol. The quantitative estimate of drug-likeness (QED) is 0.429. The Balaban J connectivity index is 1.90. The average Bonchev–Trinajstić information content (AvgIpc) is 2.83. The first-order valence-corrected chi connectivity index (χ1v) is 12.5. The third kappa shape index (κ3) is 6.01. The molecule has 34 heavy (non-hydrogen) atoms. The van der Waals surface area contributed by atoms with E-state index in [0.717, 1.165) is 9.87 Å². The third-order valence-corrected chi connectivity index (χ3v) is 7.15. The number of carbonyl (C=O) groups excluding carboxylic acids is 1. The molecule has 0 aromatic heterocycles. The second kappa shape index (κ2) is 11.3. The first-order chi connectivity index (χ1) is 16.3. The van der Waals surface area contributed by atoms with Crippen molar-refractivity contribution in [2.75, 3.05) is 24.6 Å². The molecule has 1 N–H and O–H groups in total. The van der Waals surface area contributed by atoms with E-state index < -0.39 is 28.5 Å². The van der Waals surface area contributed by atoms with E-state index in [-0.39, 0.29) is 4.90 Å². The number of para-hydroxylation sites is 1. The van der Waals surface area contributed by atoms with E-state index in [1.165, 1.54) is 24.3 Å². The van der Waals surface area contributed by atoms with Crippen molar-refractivity contribution in [3.8, 4) is 11.5 Å². The van der Waals surface area contributed by atoms with Crippen LogP contribution in [0.4, 0.5) is 5.69 Å². The monoisotopic (exact) mass is 502 g/mol. The van der Waals surface area contributed by atoms with Crippen molar-refractivity contribution in [1.29, 1.82) is 0 Å². The second-order valence-corrected chi connectivity index (χ2v) is 9.72. The molecule has 0 saturated heterocycles. The molecule has 0 aliphatic carbocycles. The molecule has 7 nitrogen and oxygen atoms in total. The minimum Gasteiger partial charge on any atom is -0.496 e. The smallest absolute Gasteiger partial charge is 0.264 e. The summed E-state index contributed by atoms with van der Waals surface area (Å²) >= 11 is 5.93. The Bertz CT molecular complexity index is 1210. The highest BCUT2D eigenvalue weighted by molar-refractivity contribution is 7.92. The van der Waals surface area contributed by atoms with E-state index in [9.17, 15) is 13.2 Å². The van der Waals surface area contributed by atoms with Gasteiger partial charge < -0.3 is 14.8 Å². The van der Waals surface area contributed by atoms with Crippen molar-refractivity contribution in [1.82, 2.24) is 5.32 Å². The number of carbonyl (C=O) groups is 1. The van der Waals surface area contributed by atoms with Crippen molar-refractivity contribution in [3.63, 3.8) is 0 Å². The van der Waals surface area contributed by atoms with Gasteiger partial charge in [-0.2, -0.15) is 0 Å². The number of anilines is 1. The van der Waals surface area contributed by atoms with Crippen molar-refractivity contribution < 1.29 is 22.7 Å². The normalized spacial score (nSPS) is 12.0. The predicted octanol–water partition coefficient (Wildman–Crippen LogP) is 4.82. The van der Waals surface area contributed by atoms with Gasteiger partial charge in [0.15, 0.2) is 0 Å². The van der Waals surface area contributed by atoms with Gasteiger partial charge in [0.05, 0.1) is 30.3 Å². The van der Waals surface area contributed by atoms with E-state index >= 15 is 0 Å². The summed E-state index contributed by atoms with van der Waals surface area (Å²) in [4.78, 5) is 13.0. The topological polar surface area (TPSA) is 84.9 Å². The van der Waals surface area contributed by atoms with Crippen LogP contribution in [0.1, 0.15) is 25.5 Å². The number of halogens is 1. The lowest BCUT2D eigenvalue weighted by atomic mass is 10.1. The molecule has 1 unspecified atom stereocenters. The fraction of sp³-hybridized carbons (Fsp3) is 0.240. The Morgan fingerprint density at radius 3 is 2.29 bits per heavy atom. The molecule has 0 saturated carbocycles. The highest BCUT2D eigenvalue weighted by Gasteiger charge is 2.28. The molecule has 0 heterocycles. The number of methoxy groups -OCH3 is 1. The lowest BCUT2D eigenvalue weighted by molar-refractivity contribution is -0.120. The van der Waals surface area contributed by atoms with Gasteiger partial charge in [-0.15, -0.1) is 0 Å². The number of hydrogen-bond donors (Lipinski definition) is 1. The van der Waals surface area contributed by atoms with E-state index in [2.05, 4.69) is 5.32 Å². The summed E-state index contributed by atoms with van der Waals surface area (Å²) in [7, 11) is -2.50. The number of nitrogens with one attached hydrogen (secondary N) is 1. The predicted molar refractivity (Wildman–Crippen MR) is 133 cm³/mol. The lowest BCUT2D eigenvalue weighted by Gasteiger charge is -2.25. The minimum absolute atomic E-state index is 0.0244. The van der Waals surface area contributed by atoms with E-state index in [0.29, 0.717) is 28.8 Å². The second-order valence-electron chi connectivity index (χ2n) is 7.42. The van der Waals surface area contributed by atoms with Gasteiger partial charge in [-0.25, -0.2) is 8.42 Å². The molecule has 0 bridgehead atoms. The van der Waals surface area contributed by atoms with Crippen molar-refractivity contribution in [2.24, 2.45) is 0 Å². The Morgan fingerprint density at radius 1 is 1.03 bits per heavy atom. The number of ether oxygens (including phenoxy) is 2. The molecule has 9 heteroatoms. The third-order valence-electron chi connectivity index (χ3n) is 5.11. The number of sulfonamides is 1. The summed E-state index contributed by atoms with van der Waals surface area (Å²) < 4.78 is 38.9. The molecule has 180 valence electrons. The van der Waals surface area contributed by atoms with Gasteiger partial charge in [0.1, 0.15) is 18.0 Å². The summed E-state index contributed by atoms with van der Waals surface area (Å²) in [6.07, 6.45) is 0. The van der Waals surface area contributed by atoms with Crippen molar-refractivity contribution >= 4 is 33.2 Å². The van der Waals surface area contributed by atoms with Gasteiger partial charge in [-0.1, -0.05) is 29.8 Å². The van der Waals surface area contributed by atoms with Crippen LogP contribution in [0.3, 0.4) is 0 Å². The molecule has 3 aromatic rings. The molecule has 3 aromatic carbocycles. The summed E-state index contributed by atoms with van der Waals surface area (Å²) in [5.74, 6) is 0.765. The van der Waals surface area contributed by atoms with Crippen LogP contribution in [0.15, 0.2) is 77.7 Å². The zero-order valence-electron chi connectivity index (χ0n) is 19.2. The van der Waals surface area contributed by atoms with Gasteiger partial charge in [0, 0.05) is 10.6 Å². The maximum absolute atomic E-state index is 13.5. The molecular formula is C25H27ClN2O5S. The van der Waals surface area contributed by atoms with Crippen LogP contribution in [0.25, 0.3) is 0 Å². The van der Waals surface area contributed by atoms with Crippen LogP contribution < -0.4 is 19.1 Å². The van der Waals surface area contributed by atoms with Gasteiger partial charge >= 0.3 is 0 Å². The first-order valence-electron chi connectivity index (χ1n) is 10.7. The highest BCUT2D eigenvalue weighted by Crippen LogP contribution is 2.28. The molecule has 0 fully saturated rings. The summed E-state index contributed by atoms with van der Waals surface area (Å²) in [6, 6.07) is 19.3. The van der Waals surface area contributed by atoms with Gasteiger partial charge in [0.25, 0.3) is 10.0 Å². The van der Waals surface area contributed by atoms with Crippen LogP contribution in [0.5, 0.6) is 11.5 Å². The van der Waals surface area contributed by atoms with Crippen molar-refractivity contribution in [3.05, 3.63) is 83.4 Å². The molecule has 0 radical (unpaired) electrons. The summed E-state index contributed by atoms with van der Waals surface area (Å²) in [5.41, 5.74) is 1.12. The van der Waals surface area contributed by atoms with Crippen molar-refractivity contribution in [2.45, 2.75) is 24.8 Å². The van der Waals surface area contributed by atoms with Gasteiger partial charge in [-0.3, -0.25) is 9.10 Å². The Morgan fingerprint density at radius 2 is 1.68 bits per heavy atom. The van der Waals surface area contributed by atoms with Crippen LogP contribution in [-0.2, 0) is 14.8 Å². The number of nitrogens with zero attached hydrogens (tertiary/aromatic N) is 1. The van der Waals surface area contributed by atoms with E-state index in [4.69, 9.17) is 21.1 Å². The Hall–Kier alpha value is -3.23. The zero-order valence-corrected chi connectivity index (χ0v) is 20.8. The largest absolute Gasteiger partial charge is 0.496 e. The number of benzene rings is 3. The molecule has 3 rings (SSSR count). The fourth-order valence-electron chi connectivity index (χ4n) is 3.44. The van der Waals surface area contributed by atoms with E-state index in [1.807, 2.05) is 32.0 Å². The summed E-state index contributed by atoms with van der Waals surface area (Å²) in [5, 5.41) is 3.28. The molecule has 0 aliphatic heterocycles. The SMILES string of the molecule is CCOc1ccc(N(CC(=O)NC(C)c2ccccc2OC)S(=O)(=O)c2ccc(Cl)cc2)cc1. The van der Waals surface area contributed by atoms with Crippen LogP contribution >= 0.6 is 11.6 Å². The molecule has 1 amide bonds. The zero-order chi connectivity index (χ0) is 24.7. The molecule has 0 spiro atoms. The Kier molecular flexibility index (Phi) is 8.41. The maximum atomic E-state index is 13.5. The number of amides is 1. The maximum Gasteiger partial charge on any atom is 0.264 e. The Labute approximate surface area is 205 Å². The van der Waals surface area contributed by atoms with Crippen LogP contribution in [0, 0.1) is 0 Å². The van der Waals surface area contributed by atoms with Gasteiger partial charge in [-0.05, 0) is 68.4 Å². The lowest BCUT2D eigenvalue weighted by Crippen LogP contribution is -2.41. The van der Waals surface area contributed by atoms with E-state index in [1.54, 1.807) is 37.4 Å².